The average molecular weight is 200 g/mol. The zero-order valence-corrected chi connectivity index (χ0v) is 8.14. The van der Waals surface area contributed by atoms with Gasteiger partial charge in [-0.3, -0.25) is 5.43 Å². The molecule has 1 rings (SSSR count). The molecule has 13 heavy (non-hydrogen) atoms. The predicted octanol–water partition coefficient (Wildman–Crippen LogP) is 0.155. The Morgan fingerprint density at radius 1 is 1.69 bits per heavy atom. The van der Waals surface area contributed by atoms with Crippen molar-refractivity contribution in [1.29, 1.82) is 0 Å². The van der Waals surface area contributed by atoms with E-state index < -0.39 is 0 Å². The van der Waals surface area contributed by atoms with Gasteiger partial charge in [-0.25, -0.2) is 15.8 Å². The Balaban J connectivity index is 2.78. The quantitative estimate of drug-likeness (QED) is 0.278. The molecule has 0 fully saturated rings. The normalized spacial score (nSPS) is 10.1. The molecule has 5 nitrogen and oxygen atoms in total. The molecule has 4 N–H and O–H groups in total. The summed E-state index contributed by atoms with van der Waals surface area (Å²) in [4.78, 5) is 8.08. The van der Waals surface area contributed by atoms with Crippen molar-refractivity contribution in [2.45, 2.75) is 11.9 Å². The first-order valence-electron chi connectivity index (χ1n) is 3.82. The highest BCUT2D eigenvalue weighted by Gasteiger charge is 2.02. The van der Waals surface area contributed by atoms with Gasteiger partial charge in [-0.05, 0) is 12.5 Å². The molecule has 0 aliphatic carbocycles. The van der Waals surface area contributed by atoms with Crippen LogP contribution in [0.4, 0.5) is 5.95 Å². The maximum Gasteiger partial charge on any atom is 0.238 e. The fraction of sp³-hybridized carbons (Fsp3) is 0.429. The number of hydrogen-bond acceptors (Lipinski definition) is 6. The number of nitrogen functional groups attached to an aromatic ring is 1. The van der Waals surface area contributed by atoms with Gasteiger partial charge in [-0.1, -0.05) is 0 Å². The van der Waals surface area contributed by atoms with Gasteiger partial charge in [-0.2, -0.15) is 0 Å². The van der Waals surface area contributed by atoms with Crippen LogP contribution in [0, 0.1) is 6.92 Å². The third-order valence-corrected chi connectivity index (χ3v) is 2.46. The average Bonchev–Trinajstić information content (AvgIpc) is 2.17. The lowest BCUT2D eigenvalue weighted by atomic mass is 10.4. The van der Waals surface area contributed by atoms with Gasteiger partial charge in [0, 0.05) is 11.9 Å². The fourth-order valence-electron chi connectivity index (χ4n) is 0.784. The molecule has 0 amide bonds. The van der Waals surface area contributed by atoms with Gasteiger partial charge in [-0.15, -0.1) is 11.8 Å². The van der Waals surface area contributed by atoms with Crippen LogP contribution < -0.4 is 11.3 Å². The molecule has 1 aromatic heterocycles. The molecule has 0 bridgehead atoms. The third-order valence-electron chi connectivity index (χ3n) is 1.38. The number of thioether (sulfide) groups is 1. The Hall–Kier alpha value is -0.850. The van der Waals surface area contributed by atoms with Gasteiger partial charge in [0.1, 0.15) is 5.03 Å². The Labute approximate surface area is 80.7 Å². The number of aliphatic hydroxyl groups is 1. The van der Waals surface area contributed by atoms with Gasteiger partial charge in [0.05, 0.1) is 6.61 Å². The number of nitrogens with two attached hydrogens (primary N) is 1. The third kappa shape index (κ3) is 2.83. The van der Waals surface area contributed by atoms with Gasteiger partial charge in [0.25, 0.3) is 0 Å². The van der Waals surface area contributed by atoms with Crippen molar-refractivity contribution in [2.75, 3.05) is 17.8 Å². The van der Waals surface area contributed by atoms with Crippen molar-refractivity contribution in [3.8, 4) is 0 Å². The van der Waals surface area contributed by atoms with Crippen molar-refractivity contribution in [3.05, 3.63) is 11.8 Å². The van der Waals surface area contributed by atoms with Crippen LogP contribution in [-0.4, -0.2) is 27.4 Å². The van der Waals surface area contributed by atoms with E-state index in [0.717, 1.165) is 10.6 Å². The largest absolute Gasteiger partial charge is 0.396 e. The van der Waals surface area contributed by atoms with Crippen LogP contribution in [-0.2, 0) is 0 Å². The summed E-state index contributed by atoms with van der Waals surface area (Å²) >= 11 is 1.48. The minimum atomic E-state index is 0.138. The molecule has 0 unspecified atom stereocenters. The summed E-state index contributed by atoms with van der Waals surface area (Å²) in [5.74, 6) is 6.19. The zero-order chi connectivity index (χ0) is 9.68. The van der Waals surface area contributed by atoms with Crippen molar-refractivity contribution in [2.24, 2.45) is 5.84 Å². The lowest BCUT2D eigenvalue weighted by Crippen LogP contribution is -2.11. The summed E-state index contributed by atoms with van der Waals surface area (Å²) in [7, 11) is 0. The number of hydrogen-bond donors (Lipinski definition) is 3. The Morgan fingerprint density at radius 2 is 2.46 bits per heavy atom. The van der Waals surface area contributed by atoms with Gasteiger partial charge >= 0.3 is 0 Å². The van der Waals surface area contributed by atoms with Crippen LogP contribution in [0.3, 0.4) is 0 Å². The molecule has 0 saturated carbocycles. The molecule has 0 aromatic carbocycles. The molecule has 0 atom stereocenters. The van der Waals surface area contributed by atoms with Crippen molar-refractivity contribution < 1.29 is 5.11 Å². The van der Waals surface area contributed by atoms with Crippen molar-refractivity contribution >= 4 is 17.7 Å². The SMILES string of the molecule is Cc1cnc(NN)nc1SCCO. The van der Waals surface area contributed by atoms with Crippen molar-refractivity contribution in [1.82, 2.24) is 9.97 Å². The van der Waals surface area contributed by atoms with E-state index >= 15 is 0 Å². The van der Waals surface area contributed by atoms with Crippen LogP contribution in [0.15, 0.2) is 11.2 Å². The van der Waals surface area contributed by atoms with Crippen LogP contribution in [0.5, 0.6) is 0 Å². The Kier molecular flexibility index (Phi) is 3.94. The standard InChI is InChI=1S/C7H12N4OS/c1-5-4-9-7(11-8)10-6(5)13-3-2-12/h4,12H,2-3,8H2,1H3,(H,9,10,11). The highest BCUT2D eigenvalue weighted by atomic mass is 32.2. The first-order chi connectivity index (χ1) is 6.27. The fourth-order valence-corrected chi connectivity index (χ4v) is 1.50. The highest BCUT2D eigenvalue weighted by molar-refractivity contribution is 7.99. The van der Waals surface area contributed by atoms with Crippen LogP contribution in [0.1, 0.15) is 5.56 Å². The summed E-state index contributed by atoms with van der Waals surface area (Å²) in [6.07, 6.45) is 1.70. The van der Waals surface area contributed by atoms with Crippen LogP contribution in [0.2, 0.25) is 0 Å². The first kappa shape index (κ1) is 10.2. The number of aryl methyl sites for hydroxylation is 1. The summed E-state index contributed by atoms with van der Waals surface area (Å²) in [5.41, 5.74) is 3.36. The summed E-state index contributed by atoms with van der Waals surface area (Å²) in [6.45, 7) is 2.06. The van der Waals surface area contributed by atoms with E-state index in [4.69, 9.17) is 10.9 Å². The molecule has 1 aromatic rings. The monoisotopic (exact) mass is 200 g/mol. The van der Waals surface area contributed by atoms with E-state index in [2.05, 4.69) is 15.4 Å². The van der Waals surface area contributed by atoms with E-state index in [1.165, 1.54) is 11.8 Å². The minimum absolute atomic E-state index is 0.138. The molecule has 72 valence electrons. The smallest absolute Gasteiger partial charge is 0.238 e. The topological polar surface area (TPSA) is 84.1 Å². The molecule has 0 aliphatic rings. The predicted molar refractivity (Wildman–Crippen MR) is 52.4 cm³/mol. The maximum absolute atomic E-state index is 8.64. The second-order valence-electron chi connectivity index (χ2n) is 2.40. The van der Waals surface area contributed by atoms with Crippen LogP contribution in [0.25, 0.3) is 0 Å². The molecule has 1 heterocycles. The number of aromatic nitrogens is 2. The number of rotatable bonds is 4. The van der Waals surface area contributed by atoms with E-state index in [9.17, 15) is 0 Å². The minimum Gasteiger partial charge on any atom is -0.396 e. The van der Waals surface area contributed by atoms with Crippen LogP contribution >= 0.6 is 11.8 Å². The lowest BCUT2D eigenvalue weighted by Gasteiger charge is -2.04. The molecule has 0 radical (unpaired) electrons. The Bertz CT molecular complexity index is 281. The number of nitrogens with zero attached hydrogens (tertiary/aromatic N) is 2. The molecule has 0 saturated heterocycles. The second kappa shape index (κ2) is 5.00. The summed E-state index contributed by atoms with van der Waals surface area (Å²) < 4.78 is 0. The van der Waals surface area contributed by atoms with E-state index in [1.54, 1.807) is 6.20 Å². The Morgan fingerprint density at radius 3 is 3.08 bits per heavy atom. The number of aliphatic hydroxyl groups excluding tert-OH is 1. The molecular formula is C7H12N4OS. The number of nitrogens with one attached hydrogen (secondary N) is 1. The van der Waals surface area contributed by atoms with E-state index in [-0.39, 0.29) is 6.61 Å². The van der Waals surface area contributed by atoms with Gasteiger partial charge in [0.15, 0.2) is 0 Å². The van der Waals surface area contributed by atoms with Crippen molar-refractivity contribution in [3.63, 3.8) is 0 Å². The zero-order valence-electron chi connectivity index (χ0n) is 7.32. The molecular weight excluding hydrogens is 188 g/mol. The van der Waals surface area contributed by atoms with E-state index in [1.807, 2.05) is 6.92 Å². The van der Waals surface area contributed by atoms with Gasteiger partial charge in [0.2, 0.25) is 5.95 Å². The highest BCUT2D eigenvalue weighted by Crippen LogP contribution is 2.19. The summed E-state index contributed by atoms with van der Waals surface area (Å²) in [6, 6.07) is 0. The first-order valence-corrected chi connectivity index (χ1v) is 4.80. The lowest BCUT2D eigenvalue weighted by molar-refractivity contribution is 0.322. The number of anilines is 1. The number of hydrazine groups is 1. The molecule has 6 heteroatoms. The second-order valence-corrected chi connectivity index (χ2v) is 3.48. The van der Waals surface area contributed by atoms with E-state index in [0.29, 0.717) is 11.7 Å². The molecule has 0 spiro atoms. The maximum atomic E-state index is 8.64. The van der Waals surface area contributed by atoms with Gasteiger partial charge < -0.3 is 5.11 Å². The summed E-state index contributed by atoms with van der Waals surface area (Å²) in [5, 5.41) is 9.48. The molecule has 0 aliphatic heterocycles.